The summed E-state index contributed by atoms with van der Waals surface area (Å²) >= 11 is 0. The van der Waals surface area contributed by atoms with Crippen LogP contribution in [0.4, 0.5) is 4.39 Å². The lowest BCUT2D eigenvalue weighted by atomic mass is 10.1. The van der Waals surface area contributed by atoms with Crippen molar-refractivity contribution in [3.63, 3.8) is 0 Å². The summed E-state index contributed by atoms with van der Waals surface area (Å²) in [4.78, 5) is 4.71. The van der Waals surface area contributed by atoms with Gasteiger partial charge in [-0.25, -0.2) is 9.37 Å². The number of pyridine rings is 1. The number of hydrogen-bond acceptors (Lipinski definition) is 5. The number of aromatic nitrogens is 1. The Balaban J connectivity index is 1.51. The third-order valence-electron chi connectivity index (χ3n) is 4.85. The lowest BCUT2D eigenvalue weighted by molar-refractivity contribution is -0.0864. The predicted octanol–water partition coefficient (Wildman–Crippen LogP) is 3.77. The summed E-state index contributed by atoms with van der Waals surface area (Å²) in [6, 6.07) is 14.6. The second kappa shape index (κ2) is 9.31. The van der Waals surface area contributed by atoms with Gasteiger partial charge in [0.1, 0.15) is 12.4 Å². The van der Waals surface area contributed by atoms with Crippen LogP contribution >= 0.6 is 0 Å². The minimum Gasteiger partial charge on any atom is -0.473 e. The third kappa shape index (κ3) is 5.29. The van der Waals surface area contributed by atoms with Gasteiger partial charge in [-0.1, -0.05) is 23.8 Å². The van der Waals surface area contributed by atoms with Gasteiger partial charge in [0, 0.05) is 24.0 Å². The van der Waals surface area contributed by atoms with Crippen LogP contribution in [0.15, 0.2) is 48.5 Å². The van der Waals surface area contributed by atoms with Crippen molar-refractivity contribution in [2.75, 3.05) is 26.4 Å². The molecule has 1 N–H and O–H groups in total. The Bertz CT molecular complexity index is 973. The molecule has 0 radical (unpaired) electrons. The first-order chi connectivity index (χ1) is 14.2. The van der Waals surface area contributed by atoms with Crippen LogP contribution < -0.4 is 10.1 Å². The number of rotatable bonds is 7. The van der Waals surface area contributed by atoms with Gasteiger partial charge in [-0.05, 0) is 42.8 Å². The molecule has 1 aliphatic rings. The number of fused-ring (bicyclic) bond motifs is 1. The van der Waals surface area contributed by atoms with Gasteiger partial charge in [0.15, 0.2) is 0 Å². The molecular weight excluding hydrogens is 371 g/mol. The van der Waals surface area contributed by atoms with Crippen molar-refractivity contribution in [1.82, 2.24) is 10.3 Å². The highest BCUT2D eigenvalue weighted by atomic mass is 19.1. The molecule has 5 nitrogen and oxygen atoms in total. The summed E-state index contributed by atoms with van der Waals surface area (Å²) < 4.78 is 30.6. The summed E-state index contributed by atoms with van der Waals surface area (Å²) in [5.74, 6) is 0.281. The smallest absolute Gasteiger partial charge is 0.218 e. The van der Waals surface area contributed by atoms with Gasteiger partial charge in [0.2, 0.25) is 5.88 Å². The molecule has 3 aromatic rings. The van der Waals surface area contributed by atoms with Crippen molar-refractivity contribution in [3.05, 3.63) is 71.0 Å². The molecule has 0 saturated carbocycles. The van der Waals surface area contributed by atoms with E-state index < -0.39 is 0 Å². The fraction of sp³-hybridized carbons (Fsp3) is 0.348. The average molecular weight is 396 g/mol. The number of ether oxygens (including phenoxy) is 3. The summed E-state index contributed by atoms with van der Waals surface area (Å²) in [7, 11) is 0. The zero-order chi connectivity index (χ0) is 20.1. The fourth-order valence-electron chi connectivity index (χ4n) is 3.37. The average Bonchev–Trinajstić information content (AvgIpc) is 2.73. The van der Waals surface area contributed by atoms with Gasteiger partial charge in [-0.2, -0.15) is 0 Å². The zero-order valence-electron chi connectivity index (χ0n) is 16.5. The number of aryl methyl sites for hydroxylation is 1. The van der Waals surface area contributed by atoms with E-state index in [1.807, 2.05) is 18.2 Å². The van der Waals surface area contributed by atoms with Crippen LogP contribution in [-0.2, 0) is 22.6 Å². The second-order valence-electron chi connectivity index (χ2n) is 7.27. The van der Waals surface area contributed by atoms with Crippen molar-refractivity contribution < 1.29 is 18.6 Å². The van der Waals surface area contributed by atoms with Crippen LogP contribution in [0.5, 0.6) is 5.88 Å². The van der Waals surface area contributed by atoms with Gasteiger partial charge in [0.05, 0.1) is 31.4 Å². The van der Waals surface area contributed by atoms with Crippen molar-refractivity contribution in [1.29, 1.82) is 0 Å². The first kappa shape index (κ1) is 19.8. The Labute approximate surface area is 169 Å². The van der Waals surface area contributed by atoms with E-state index in [9.17, 15) is 4.39 Å². The molecule has 0 aliphatic carbocycles. The monoisotopic (exact) mass is 396 g/mol. The zero-order valence-corrected chi connectivity index (χ0v) is 16.5. The first-order valence-electron chi connectivity index (χ1n) is 9.85. The summed E-state index contributed by atoms with van der Waals surface area (Å²) in [6.07, 6.45) is 0.0519. The third-order valence-corrected chi connectivity index (χ3v) is 4.85. The summed E-state index contributed by atoms with van der Waals surface area (Å²) in [6.45, 7) is 5.49. The van der Waals surface area contributed by atoms with Crippen molar-refractivity contribution >= 4 is 10.9 Å². The highest BCUT2D eigenvalue weighted by Gasteiger charge is 2.15. The molecule has 1 atom stereocenters. The quantitative estimate of drug-likeness (QED) is 0.659. The molecule has 1 aromatic heterocycles. The van der Waals surface area contributed by atoms with E-state index in [-0.39, 0.29) is 18.5 Å². The van der Waals surface area contributed by atoms with Gasteiger partial charge < -0.3 is 19.5 Å². The maximum Gasteiger partial charge on any atom is 0.218 e. The Morgan fingerprint density at radius 2 is 2.10 bits per heavy atom. The molecule has 0 amide bonds. The Morgan fingerprint density at radius 3 is 2.93 bits per heavy atom. The fourth-order valence-corrected chi connectivity index (χ4v) is 3.37. The van der Waals surface area contributed by atoms with Crippen LogP contribution in [-0.4, -0.2) is 37.5 Å². The topological polar surface area (TPSA) is 52.6 Å². The molecule has 0 spiro atoms. The SMILES string of the molecule is Cc1ccc2nc(OCc3cccc(F)c3)c(CNC[C@@H]3COCCO3)cc2c1. The van der Waals surface area contributed by atoms with Gasteiger partial charge in [-0.15, -0.1) is 0 Å². The predicted molar refractivity (Wildman–Crippen MR) is 109 cm³/mol. The molecular formula is C23H25FN2O3. The van der Waals surface area contributed by atoms with Crippen molar-refractivity contribution in [3.8, 4) is 5.88 Å². The number of hydrogen-bond donors (Lipinski definition) is 1. The maximum atomic E-state index is 13.5. The molecule has 1 fully saturated rings. The van der Waals surface area contributed by atoms with E-state index in [0.29, 0.717) is 38.8 Å². The lowest BCUT2D eigenvalue weighted by Gasteiger charge is -2.23. The van der Waals surface area contributed by atoms with Gasteiger partial charge >= 0.3 is 0 Å². The highest BCUT2D eigenvalue weighted by Crippen LogP contribution is 2.24. The molecule has 2 heterocycles. The van der Waals surface area contributed by atoms with Gasteiger partial charge in [-0.3, -0.25) is 0 Å². The van der Waals surface area contributed by atoms with Crippen LogP contribution in [0.3, 0.4) is 0 Å². The number of benzene rings is 2. The number of halogens is 1. The van der Waals surface area contributed by atoms with Crippen LogP contribution in [0.1, 0.15) is 16.7 Å². The molecule has 4 rings (SSSR count). The standard InChI is InChI=1S/C23H25FN2O3/c1-16-5-6-22-18(9-16)11-19(12-25-13-21-15-27-7-8-28-21)23(26-22)29-14-17-3-2-4-20(24)10-17/h2-6,9-11,21,25H,7-8,12-15H2,1H3/t21-/m1/s1. The number of nitrogens with zero attached hydrogens (tertiary/aromatic N) is 1. The van der Waals surface area contributed by atoms with Crippen molar-refractivity contribution in [2.24, 2.45) is 0 Å². The second-order valence-corrected chi connectivity index (χ2v) is 7.27. The summed E-state index contributed by atoms with van der Waals surface area (Å²) in [5.41, 5.74) is 3.77. The van der Waals surface area contributed by atoms with Crippen LogP contribution in [0.25, 0.3) is 10.9 Å². The molecule has 6 heteroatoms. The number of nitrogens with one attached hydrogen (secondary N) is 1. The van der Waals surface area contributed by atoms with Crippen LogP contribution in [0.2, 0.25) is 0 Å². The molecule has 1 saturated heterocycles. The first-order valence-corrected chi connectivity index (χ1v) is 9.85. The molecule has 1 aliphatic heterocycles. The van der Waals surface area contributed by atoms with E-state index in [1.54, 1.807) is 6.07 Å². The lowest BCUT2D eigenvalue weighted by Crippen LogP contribution is -2.37. The van der Waals surface area contributed by atoms with Crippen LogP contribution in [0, 0.1) is 12.7 Å². The normalized spacial score (nSPS) is 16.8. The van der Waals surface area contributed by atoms with E-state index in [2.05, 4.69) is 24.4 Å². The minimum atomic E-state index is -0.273. The van der Waals surface area contributed by atoms with Gasteiger partial charge in [0.25, 0.3) is 0 Å². The Morgan fingerprint density at radius 1 is 1.17 bits per heavy atom. The van der Waals surface area contributed by atoms with E-state index >= 15 is 0 Å². The molecule has 2 aromatic carbocycles. The Hall–Kier alpha value is -2.54. The van der Waals surface area contributed by atoms with E-state index in [0.717, 1.165) is 22.0 Å². The minimum absolute atomic E-state index is 0.0519. The van der Waals surface area contributed by atoms with E-state index in [4.69, 9.17) is 19.2 Å². The summed E-state index contributed by atoms with van der Waals surface area (Å²) in [5, 5.41) is 4.48. The molecule has 0 bridgehead atoms. The van der Waals surface area contributed by atoms with Crippen molar-refractivity contribution in [2.45, 2.75) is 26.2 Å². The Kier molecular flexibility index (Phi) is 6.34. The van der Waals surface area contributed by atoms with E-state index in [1.165, 1.54) is 17.7 Å². The largest absolute Gasteiger partial charge is 0.473 e. The highest BCUT2D eigenvalue weighted by molar-refractivity contribution is 5.80. The molecule has 29 heavy (non-hydrogen) atoms. The molecule has 152 valence electrons. The molecule has 0 unspecified atom stereocenters. The maximum absolute atomic E-state index is 13.5.